The molecule has 28 heavy (non-hydrogen) atoms. The molecule has 0 saturated carbocycles. The molecule has 1 fully saturated rings. The van der Waals surface area contributed by atoms with Crippen molar-refractivity contribution in [2.45, 2.75) is 24.8 Å². The summed E-state index contributed by atoms with van der Waals surface area (Å²) in [7, 11) is -2.29. The number of furan rings is 1. The minimum atomic E-state index is -3.72. The van der Waals surface area contributed by atoms with Gasteiger partial charge < -0.3 is 19.2 Å². The number of hydrogen-bond donors (Lipinski definition) is 1. The van der Waals surface area contributed by atoms with Crippen LogP contribution in [-0.2, 0) is 14.8 Å². The van der Waals surface area contributed by atoms with Gasteiger partial charge in [0.25, 0.3) is 5.91 Å². The molecule has 1 amide bonds. The Balaban J connectivity index is 1.87. The van der Waals surface area contributed by atoms with Gasteiger partial charge in [0, 0.05) is 13.1 Å². The number of carbonyl (C=O) groups excluding carboxylic acids is 1. The lowest BCUT2D eigenvalue weighted by Crippen LogP contribution is -2.40. The number of benzene rings is 1. The van der Waals surface area contributed by atoms with Crippen LogP contribution in [0, 0.1) is 6.92 Å². The van der Waals surface area contributed by atoms with E-state index in [2.05, 4.69) is 5.32 Å². The predicted octanol–water partition coefficient (Wildman–Crippen LogP) is 2.11. The molecule has 0 radical (unpaired) electrons. The quantitative estimate of drug-likeness (QED) is 0.786. The molecule has 2 aromatic rings. The van der Waals surface area contributed by atoms with Gasteiger partial charge in [-0.05, 0) is 44.2 Å². The molecular formula is C19H24N2O6S. The van der Waals surface area contributed by atoms with Gasteiger partial charge in [-0.2, -0.15) is 4.31 Å². The zero-order chi connectivity index (χ0) is 20.3. The van der Waals surface area contributed by atoms with Gasteiger partial charge in [0.05, 0.1) is 36.8 Å². The highest BCUT2D eigenvalue weighted by atomic mass is 32.2. The highest BCUT2D eigenvalue weighted by Gasteiger charge is 2.28. The standard InChI is InChI=1S/C19H24N2O6S/c1-13-4-6-17(27-13)14(2)20-19(22)16-12-15(5-7-18(16)25-3)28(23,24)21-8-10-26-11-9-21/h4-7,12,14H,8-11H2,1-3H3,(H,20,22). The summed E-state index contributed by atoms with van der Waals surface area (Å²) in [6.07, 6.45) is 0. The average molecular weight is 408 g/mol. The minimum absolute atomic E-state index is 0.0434. The highest BCUT2D eigenvalue weighted by Crippen LogP contribution is 2.26. The monoisotopic (exact) mass is 408 g/mol. The lowest BCUT2D eigenvalue weighted by atomic mass is 10.1. The fourth-order valence-corrected chi connectivity index (χ4v) is 4.43. The molecule has 0 aliphatic carbocycles. The van der Waals surface area contributed by atoms with Crippen molar-refractivity contribution in [2.75, 3.05) is 33.4 Å². The molecule has 1 N–H and O–H groups in total. The van der Waals surface area contributed by atoms with E-state index in [1.807, 2.05) is 13.0 Å². The Hall–Kier alpha value is -2.36. The number of nitrogens with zero attached hydrogens (tertiary/aromatic N) is 1. The van der Waals surface area contributed by atoms with Crippen molar-refractivity contribution in [3.05, 3.63) is 47.4 Å². The molecule has 1 aromatic heterocycles. The average Bonchev–Trinajstić information content (AvgIpc) is 3.14. The van der Waals surface area contributed by atoms with E-state index in [-0.39, 0.29) is 29.6 Å². The van der Waals surface area contributed by atoms with E-state index in [0.717, 1.165) is 5.76 Å². The van der Waals surface area contributed by atoms with Crippen molar-refractivity contribution < 1.29 is 27.1 Å². The van der Waals surface area contributed by atoms with E-state index < -0.39 is 15.9 Å². The second-order valence-electron chi connectivity index (χ2n) is 6.52. The summed E-state index contributed by atoms with van der Waals surface area (Å²) in [6.45, 7) is 4.87. The molecule has 3 rings (SSSR count). The number of morpholine rings is 1. The van der Waals surface area contributed by atoms with Gasteiger partial charge in [0.2, 0.25) is 10.0 Å². The second kappa shape index (κ2) is 8.34. The zero-order valence-electron chi connectivity index (χ0n) is 16.1. The summed E-state index contributed by atoms with van der Waals surface area (Å²) >= 11 is 0. The number of ether oxygens (including phenoxy) is 2. The summed E-state index contributed by atoms with van der Waals surface area (Å²) in [6, 6.07) is 7.50. The fraction of sp³-hybridized carbons (Fsp3) is 0.421. The Labute approximate surface area is 164 Å². The largest absolute Gasteiger partial charge is 0.496 e. The number of sulfonamides is 1. The summed E-state index contributed by atoms with van der Waals surface area (Å²) in [5.41, 5.74) is 0.145. The van der Waals surface area contributed by atoms with Crippen LogP contribution in [0.15, 0.2) is 39.6 Å². The summed E-state index contributed by atoms with van der Waals surface area (Å²) in [5.74, 6) is 1.20. The van der Waals surface area contributed by atoms with E-state index in [0.29, 0.717) is 24.7 Å². The molecule has 0 spiro atoms. The van der Waals surface area contributed by atoms with E-state index in [4.69, 9.17) is 13.9 Å². The van der Waals surface area contributed by atoms with Gasteiger partial charge >= 0.3 is 0 Å². The Morgan fingerprint density at radius 1 is 1.21 bits per heavy atom. The molecule has 1 aromatic carbocycles. The third-order valence-corrected chi connectivity index (χ3v) is 6.45. The molecule has 1 unspecified atom stereocenters. The number of rotatable bonds is 6. The lowest BCUT2D eigenvalue weighted by Gasteiger charge is -2.26. The molecule has 2 heterocycles. The van der Waals surface area contributed by atoms with E-state index in [1.54, 1.807) is 13.0 Å². The summed E-state index contributed by atoms with van der Waals surface area (Å²) < 4.78 is 43.1. The maximum absolute atomic E-state index is 12.9. The van der Waals surface area contributed by atoms with Crippen molar-refractivity contribution in [2.24, 2.45) is 0 Å². The first kappa shape index (κ1) is 20.4. The molecule has 9 heteroatoms. The molecule has 1 saturated heterocycles. The SMILES string of the molecule is COc1ccc(S(=O)(=O)N2CCOCC2)cc1C(=O)NC(C)c1ccc(C)o1. The van der Waals surface area contributed by atoms with Crippen LogP contribution in [-0.4, -0.2) is 52.0 Å². The van der Waals surface area contributed by atoms with E-state index in [1.165, 1.54) is 29.6 Å². The number of nitrogens with one attached hydrogen (secondary N) is 1. The van der Waals surface area contributed by atoms with Gasteiger partial charge in [0.15, 0.2) is 0 Å². The second-order valence-corrected chi connectivity index (χ2v) is 8.46. The Bertz CT molecular complexity index is 947. The van der Waals surface area contributed by atoms with Crippen LogP contribution in [0.25, 0.3) is 0 Å². The predicted molar refractivity (Wildman–Crippen MR) is 102 cm³/mol. The van der Waals surface area contributed by atoms with Crippen LogP contribution >= 0.6 is 0 Å². The van der Waals surface area contributed by atoms with Crippen LogP contribution in [0.5, 0.6) is 5.75 Å². The summed E-state index contributed by atoms with van der Waals surface area (Å²) in [5, 5.41) is 2.82. The number of aryl methyl sites for hydroxylation is 1. The van der Waals surface area contributed by atoms with Gasteiger partial charge in [0.1, 0.15) is 17.3 Å². The van der Waals surface area contributed by atoms with Crippen molar-refractivity contribution >= 4 is 15.9 Å². The van der Waals surface area contributed by atoms with Gasteiger partial charge in [-0.15, -0.1) is 0 Å². The van der Waals surface area contributed by atoms with Gasteiger partial charge in [-0.3, -0.25) is 4.79 Å². The first-order chi connectivity index (χ1) is 13.3. The normalized spacial score (nSPS) is 16.5. The molecule has 152 valence electrons. The zero-order valence-corrected chi connectivity index (χ0v) is 16.9. The van der Waals surface area contributed by atoms with Gasteiger partial charge in [-0.25, -0.2) is 8.42 Å². The first-order valence-electron chi connectivity index (χ1n) is 8.96. The topological polar surface area (TPSA) is 98.1 Å². The molecule has 1 aliphatic heterocycles. The third-order valence-electron chi connectivity index (χ3n) is 4.56. The van der Waals surface area contributed by atoms with Crippen LogP contribution in [0.2, 0.25) is 0 Å². The molecule has 0 bridgehead atoms. The number of methoxy groups -OCH3 is 1. The summed E-state index contributed by atoms with van der Waals surface area (Å²) in [4.78, 5) is 12.9. The minimum Gasteiger partial charge on any atom is -0.496 e. The van der Waals surface area contributed by atoms with Crippen LogP contribution in [0.1, 0.15) is 34.8 Å². The van der Waals surface area contributed by atoms with Gasteiger partial charge in [-0.1, -0.05) is 0 Å². The number of amides is 1. The van der Waals surface area contributed by atoms with Crippen LogP contribution < -0.4 is 10.1 Å². The van der Waals surface area contributed by atoms with Crippen LogP contribution in [0.4, 0.5) is 0 Å². The molecular weight excluding hydrogens is 384 g/mol. The lowest BCUT2D eigenvalue weighted by molar-refractivity contribution is 0.0730. The smallest absolute Gasteiger partial charge is 0.255 e. The Morgan fingerprint density at radius 3 is 2.54 bits per heavy atom. The highest BCUT2D eigenvalue weighted by molar-refractivity contribution is 7.89. The third kappa shape index (κ3) is 4.21. The maximum Gasteiger partial charge on any atom is 0.255 e. The molecule has 1 atom stereocenters. The Morgan fingerprint density at radius 2 is 1.93 bits per heavy atom. The van der Waals surface area contributed by atoms with Crippen molar-refractivity contribution in [1.29, 1.82) is 0 Å². The number of carbonyl (C=O) groups is 1. The van der Waals surface area contributed by atoms with Crippen molar-refractivity contribution in [1.82, 2.24) is 9.62 Å². The number of hydrogen-bond acceptors (Lipinski definition) is 6. The fourth-order valence-electron chi connectivity index (χ4n) is 2.99. The van der Waals surface area contributed by atoms with Crippen molar-refractivity contribution in [3.8, 4) is 5.75 Å². The maximum atomic E-state index is 12.9. The molecule has 8 nitrogen and oxygen atoms in total. The van der Waals surface area contributed by atoms with E-state index in [9.17, 15) is 13.2 Å². The Kier molecular flexibility index (Phi) is 6.07. The first-order valence-corrected chi connectivity index (χ1v) is 10.4. The molecule has 1 aliphatic rings. The van der Waals surface area contributed by atoms with Crippen molar-refractivity contribution in [3.63, 3.8) is 0 Å². The van der Waals surface area contributed by atoms with Crippen LogP contribution in [0.3, 0.4) is 0 Å². The van der Waals surface area contributed by atoms with E-state index >= 15 is 0 Å².